The van der Waals surface area contributed by atoms with Crippen LogP contribution in [0, 0.1) is 0 Å². The van der Waals surface area contributed by atoms with Crippen LogP contribution in [-0.2, 0) is 11.3 Å². The number of carbonyl (C=O) groups is 2. The van der Waals surface area contributed by atoms with Crippen LogP contribution < -0.4 is 16.0 Å². The lowest BCUT2D eigenvalue weighted by atomic mass is 10.1. The van der Waals surface area contributed by atoms with Gasteiger partial charge in [0.05, 0.1) is 6.54 Å². The topological polar surface area (TPSA) is 85.8 Å². The highest BCUT2D eigenvalue weighted by Crippen LogP contribution is 2.09. The second kappa shape index (κ2) is 13.6. The largest absolute Gasteiger partial charge is 0.356 e. The van der Waals surface area contributed by atoms with Gasteiger partial charge in [0.25, 0.3) is 5.91 Å². The van der Waals surface area contributed by atoms with Crippen molar-refractivity contribution in [2.24, 2.45) is 4.99 Å². The minimum Gasteiger partial charge on any atom is -0.356 e. The monoisotopic (exact) mass is 519 g/mol. The van der Waals surface area contributed by atoms with Gasteiger partial charge in [-0.15, -0.1) is 24.0 Å². The molecule has 1 heterocycles. The van der Waals surface area contributed by atoms with Gasteiger partial charge < -0.3 is 20.9 Å². The predicted octanol–water partition coefficient (Wildman–Crippen LogP) is 1.68. The van der Waals surface area contributed by atoms with Crippen LogP contribution >= 0.6 is 35.7 Å². The van der Waals surface area contributed by atoms with Gasteiger partial charge in [-0.3, -0.25) is 14.6 Å². The van der Waals surface area contributed by atoms with E-state index in [2.05, 4.69) is 27.2 Å². The van der Waals surface area contributed by atoms with Gasteiger partial charge in [0.15, 0.2) is 5.96 Å². The number of thioether (sulfide) groups is 1. The Morgan fingerprint density at radius 1 is 1.25 bits per heavy atom. The molecule has 2 amide bonds. The van der Waals surface area contributed by atoms with Crippen LogP contribution in [0.4, 0.5) is 0 Å². The van der Waals surface area contributed by atoms with Crippen molar-refractivity contribution in [3.05, 3.63) is 35.4 Å². The summed E-state index contributed by atoms with van der Waals surface area (Å²) in [6.07, 6.45) is 4.43. The Morgan fingerprint density at radius 2 is 2.00 bits per heavy atom. The van der Waals surface area contributed by atoms with Gasteiger partial charge >= 0.3 is 0 Å². The standard InChI is InChI=1S/C19H29N5O2S.HI/c1-20-19(22-9-3-4-12-27-2)23-13-15-5-7-16(8-6-15)18(26)24-11-10-21-17(25)14-24;/h5-8H,3-4,9-14H2,1-2H3,(H,21,25)(H2,20,22,23);1H. The summed E-state index contributed by atoms with van der Waals surface area (Å²) in [4.78, 5) is 29.7. The number of amides is 2. The SMILES string of the molecule is CN=C(NCCCCSC)NCc1ccc(C(=O)N2CCNC(=O)C2)cc1.I. The third-order valence-corrected chi connectivity index (χ3v) is 4.97. The lowest BCUT2D eigenvalue weighted by Gasteiger charge is -2.26. The van der Waals surface area contributed by atoms with Crippen molar-refractivity contribution in [2.75, 3.05) is 45.2 Å². The van der Waals surface area contributed by atoms with Crippen molar-refractivity contribution in [3.8, 4) is 0 Å². The van der Waals surface area contributed by atoms with Gasteiger partial charge in [-0.05, 0) is 42.5 Å². The number of rotatable bonds is 8. The van der Waals surface area contributed by atoms with Crippen LogP contribution in [0.3, 0.4) is 0 Å². The van der Waals surface area contributed by atoms with Gasteiger partial charge in [0, 0.05) is 38.8 Å². The van der Waals surface area contributed by atoms with E-state index in [1.54, 1.807) is 11.9 Å². The summed E-state index contributed by atoms with van der Waals surface area (Å²) in [5.41, 5.74) is 1.66. The summed E-state index contributed by atoms with van der Waals surface area (Å²) in [6.45, 7) is 2.71. The highest BCUT2D eigenvalue weighted by Gasteiger charge is 2.21. The van der Waals surface area contributed by atoms with Crippen molar-refractivity contribution in [1.29, 1.82) is 0 Å². The van der Waals surface area contributed by atoms with Gasteiger partial charge in [-0.2, -0.15) is 11.8 Å². The fourth-order valence-corrected chi connectivity index (χ4v) is 3.24. The molecular weight excluding hydrogens is 489 g/mol. The second-order valence-corrected chi connectivity index (χ2v) is 7.31. The summed E-state index contributed by atoms with van der Waals surface area (Å²) < 4.78 is 0. The number of unbranched alkanes of at least 4 members (excludes halogenated alkanes) is 1. The summed E-state index contributed by atoms with van der Waals surface area (Å²) in [6, 6.07) is 7.47. The average molecular weight is 519 g/mol. The van der Waals surface area contributed by atoms with Crippen molar-refractivity contribution in [1.82, 2.24) is 20.9 Å². The number of piperazine rings is 1. The molecular formula is C19H30IN5O2S. The Morgan fingerprint density at radius 3 is 2.64 bits per heavy atom. The van der Waals surface area contributed by atoms with E-state index in [0.29, 0.717) is 25.2 Å². The van der Waals surface area contributed by atoms with Gasteiger partial charge in [-0.25, -0.2) is 0 Å². The van der Waals surface area contributed by atoms with E-state index in [1.165, 1.54) is 12.2 Å². The molecule has 0 aliphatic carbocycles. The number of guanidine groups is 1. The van der Waals surface area contributed by atoms with Crippen LogP contribution in [0.1, 0.15) is 28.8 Å². The Bertz CT molecular complexity index is 654. The van der Waals surface area contributed by atoms with Crippen LogP contribution in [0.15, 0.2) is 29.3 Å². The van der Waals surface area contributed by atoms with Crippen LogP contribution in [-0.4, -0.2) is 67.9 Å². The lowest BCUT2D eigenvalue weighted by Crippen LogP contribution is -2.49. The second-order valence-electron chi connectivity index (χ2n) is 6.33. The molecule has 0 atom stereocenters. The van der Waals surface area contributed by atoms with E-state index in [0.717, 1.165) is 24.5 Å². The minimum absolute atomic E-state index is 0. The molecule has 0 bridgehead atoms. The maximum Gasteiger partial charge on any atom is 0.254 e. The normalized spacial score (nSPS) is 14.1. The van der Waals surface area contributed by atoms with Crippen molar-refractivity contribution < 1.29 is 9.59 Å². The number of nitrogens with zero attached hydrogens (tertiary/aromatic N) is 2. The third kappa shape index (κ3) is 8.26. The zero-order valence-corrected chi connectivity index (χ0v) is 19.6. The van der Waals surface area contributed by atoms with Crippen molar-refractivity contribution in [2.45, 2.75) is 19.4 Å². The van der Waals surface area contributed by atoms with Gasteiger partial charge in [0.1, 0.15) is 0 Å². The third-order valence-electron chi connectivity index (χ3n) is 4.28. The molecule has 1 fully saturated rings. The summed E-state index contributed by atoms with van der Waals surface area (Å²) in [5.74, 6) is 1.74. The highest BCUT2D eigenvalue weighted by atomic mass is 127. The first-order chi connectivity index (χ1) is 13.1. The number of aliphatic imine (C=N–C) groups is 1. The number of carbonyl (C=O) groups excluding carboxylic acids is 2. The Hall–Kier alpha value is -1.49. The van der Waals surface area contributed by atoms with Crippen molar-refractivity contribution in [3.63, 3.8) is 0 Å². The number of nitrogens with one attached hydrogen (secondary N) is 3. The molecule has 156 valence electrons. The molecule has 1 aliphatic rings. The smallest absolute Gasteiger partial charge is 0.254 e. The van der Waals surface area contributed by atoms with Crippen LogP contribution in [0.5, 0.6) is 0 Å². The maximum atomic E-state index is 12.5. The Labute approximate surface area is 188 Å². The van der Waals surface area contributed by atoms with E-state index in [-0.39, 0.29) is 42.3 Å². The Kier molecular flexibility index (Phi) is 12.0. The minimum atomic E-state index is -0.109. The van der Waals surface area contributed by atoms with Gasteiger partial charge in [0.2, 0.25) is 5.91 Å². The molecule has 1 aromatic carbocycles. The number of benzene rings is 1. The fraction of sp³-hybridized carbons (Fsp3) is 0.526. The molecule has 7 nitrogen and oxygen atoms in total. The molecule has 28 heavy (non-hydrogen) atoms. The van der Waals surface area contributed by atoms with E-state index in [1.807, 2.05) is 36.0 Å². The molecule has 1 aromatic rings. The van der Waals surface area contributed by atoms with Gasteiger partial charge in [-0.1, -0.05) is 12.1 Å². The average Bonchev–Trinajstić information content (AvgIpc) is 2.70. The predicted molar refractivity (Wildman–Crippen MR) is 127 cm³/mol. The first kappa shape index (κ1) is 24.5. The number of halogens is 1. The molecule has 0 aromatic heterocycles. The van der Waals surface area contributed by atoms with E-state index in [4.69, 9.17) is 0 Å². The first-order valence-electron chi connectivity index (χ1n) is 9.22. The van der Waals surface area contributed by atoms with Crippen LogP contribution in [0.2, 0.25) is 0 Å². The van der Waals surface area contributed by atoms with E-state index >= 15 is 0 Å². The summed E-state index contributed by atoms with van der Waals surface area (Å²) in [5, 5.41) is 9.31. The highest BCUT2D eigenvalue weighted by molar-refractivity contribution is 14.0. The molecule has 0 spiro atoms. The fourth-order valence-electron chi connectivity index (χ4n) is 2.74. The molecule has 2 rings (SSSR count). The quantitative estimate of drug-likeness (QED) is 0.211. The van der Waals surface area contributed by atoms with Crippen molar-refractivity contribution >= 4 is 53.5 Å². The molecule has 0 saturated carbocycles. The summed E-state index contributed by atoms with van der Waals surface area (Å²) in [7, 11) is 1.76. The first-order valence-corrected chi connectivity index (χ1v) is 10.6. The van der Waals surface area contributed by atoms with Crippen LogP contribution in [0.25, 0.3) is 0 Å². The Balaban J connectivity index is 0.00000392. The van der Waals surface area contributed by atoms with E-state index < -0.39 is 0 Å². The lowest BCUT2D eigenvalue weighted by molar-refractivity contribution is -0.123. The number of hydrogen-bond acceptors (Lipinski definition) is 4. The molecule has 0 unspecified atom stereocenters. The molecule has 1 aliphatic heterocycles. The molecule has 1 saturated heterocycles. The molecule has 9 heteroatoms. The number of hydrogen-bond donors (Lipinski definition) is 3. The zero-order valence-electron chi connectivity index (χ0n) is 16.5. The molecule has 3 N–H and O–H groups in total. The molecule has 0 radical (unpaired) electrons. The summed E-state index contributed by atoms with van der Waals surface area (Å²) >= 11 is 1.87. The zero-order chi connectivity index (χ0) is 19.5. The van der Waals surface area contributed by atoms with E-state index in [9.17, 15) is 9.59 Å². The maximum absolute atomic E-state index is 12.5.